The van der Waals surface area contributed by atoms with E-state index in [0.29, 0.717) is 26.3 Å². The van der Waals surface area contributed by atoms with Crippen molar-refractivity contribution in [2.75, 3.05) is 12.4 Å². The van der Waals surface area contributed by atoms with E-state index in [1.807, 2.05) is 0 Å². The summed E-state index contributed by atoms with van der Waals surface area (Å²) >= 11 is 11.8. The highest BCUT2D eigenvalue weighted by molar-refractivity contribution is 7.89. The first-order valence-corrected chi connectivity index (χ1v) is 10.8. The molecule has 2 aromatic carbocycles. The van der Waals surface area contributed by atoms with Crippen LogP contribution < -0.4 is 10.1 Å². The van der Waals surface area contributed by atoms with Crippen LogP contribution in [0, 0.1) is 6.92 Å². The maximum absolute atomic E-state index is 13.1. The van der Waals surface area contributed by atoms with Crippen LogP contribution in [0.1, 0.15) is 18.4 Å². The van der Waals surface area contributed by atoms with Gasteiger partial charge in [-0.05, 0) is 55.3 Å². The second-order valence-corrected chi connectivity index (χ2v) is 9.13. The van der Waals surface area contributed by atoms with Crippen LogP contribution in [-0.2, 0) is 19.6 Å². The predicted molar refractivity (Wildman–Crippen MR) is 110 cm³/mol. The number of rotatable bonds is 5. The van der Waals surface area contributed by atoms with Gasteiger partial charge in [-0.15, -0.1) is 0 Å². The van der Waals surface area contributed by atoms with E-state index in [2.05, 4.69) is 5.32 Å². The molecule has 29 heavy (non-hydrogen) atoms. The summed E-state index contributed by atoms with van der Waals surface area (Å²) in [5.74, 6) is -0.735. The largest absolute Gasteiger partial charge is 0.496 e. The summed E-state index contributed by atoms with van der Waals surface area (Å²) in [6.07, 6.45) is 0.0359. The van der Waals surface area contributed by atoms with Gasteiger partial charge in [-0.1, -0.05) is 23.2 Å². The molecule has 1 fully saturated rings. The van der Waals surface area contributed by atoms with Gasteiger partial charge in [0.1, 0.15) is 11.8 Å². The molecule has 0 bridgehead atoms. The van der Waals surface area contributed by atoms with Gasteiger partial charge < -0.3 is 10.1 Å². The maximum Gasteiger partial charge on any atom is 0.267 e. The molecule has 3 rings (SSSR count). The number of hydrogen-bond acceptors (Lipinski definition) is 5. The van der Waals surface area contributed by atoms with Gasteiger partial charge in [0.15, 0.2) is 0 Å². The molecule has 1 saturated heterocycles. The van der Waals surface area contributed by atoms with Crippen LogP contribution in [0.4, 0.5) is 5.69 Å². The second-order valence-electron chi connectivity index (χ2n) is 6.50. The van der Waals surface area contributed by atoms with E-state index in [1.54, 1.807) is 6.92 Å². The summed E-state index contributed by atoms with van der Waals surface area (Å²) in [5.41, 5.74) is 0.943. The zero-order valence-electron chi connectivity index (χ0n) is 15.6. The van der Waals surface area contributed by atoms with Gasteiger partial charge in [0.05, 0.1) is 22.1 Å². The Bertz CT molecular complexity index is 1090. The molecule has 0 saturated carbocycles. The van der Waals surface area contributed by atoms with E-state index in [0.717, 1.165) is 0 Å². The first-order chi connectivity index (χ1) is 13.6. The zero-order valence-corrected chi connectivity index (χ0v) is 17.9. The van der Waals surface area contributed by atoms with E-state index < -0.39 is 27.9 Å². The molecule has 0 radical (unpaired) electrons. The van der Waals surface area contributed by atoms with Crippen molar-refractivity contribution in [1.82, 2.24) is 4.31 Å². The molecule has 1 atom stereocenters. The molecule has 2 amide bonds. The molecule has 7 nitrogen and oxygen atoms in total. The normalized spacial score (nSPS) is 16.8. The van der Waals surface area contributed by atoms with Crippen LogP contribution in [-0.4, -0.2) is 37.7 Å². The Hall–Kier alpha value is -2.29. The molecule has 0 spiro atoms. The van der Waals surface area contributed by atoms with Gasteiger partial charge >= 0.3 is 0 Å². The fraction of sp³-hybridized carbons (Fsp3) is 0.263. The number of nitrogens with zero attached hydrogens (tertiary/aromatic N) is 1. The minimum Gasteiger partial charge on any atom is -0.496 e. The summed E-state index contributed by atoms with van der Waals surface area (Å²) in [6.45, 7) is 1.69. The van der Waals surface area contributed by atoms with Crippen LogP contribution >= 0.6 is 23.2 Å². The van der Waals surface area contributed by atoms with Crippen molar-refractivity contribution in [3.05, 3.63) is 52.0 Å². The van der Waals surface area contributed by atoms with Crippen LogP contribution in [0.5, 0.6) is 5.75 Å². The maximum atomic E-state index is 13.1. The third-order valence-corrected chi connectivity index (χ3v) is 7.14. The molecule has 1 N–H and O–H groups in total. The van der Waals surface area contributed by atoms with Crippen LogP contribution in [0.2, 0.25) is 10.0 Å². The number of aryl methyl sites for hydroxylation is 1. The molecule has 1 heterocycles. The van der Waals surface area contributed by atoms with Crippen molar-refractivity contribution in [3.8, 4) is 5.75 Å². The Morgan fingerprint density at radius 1 is 1.17 bits per heavy atom. The molecule has 154 valence electrons. The van der Waals surface area contributed by atoms with Crippen molar-refractivity contribution in [1.29, 1.82) is 0 Å². The highest BCUT2D eigenvalue weighted by Gasteiger charge is 2.44. The van der Waals surface area contributed by atoms with Crippen LogP contribution in [0.15, 0.2) is 41.3 Å². The van der Waals surface area contributed by atoms with Gasteiger partial charge in [-0.3, -0.25) is 9.59 Å². The predicted octanol–water partition coefficient (Wildman–Crippen LogP) is 3.63. The minimum absolute atomic E-state index is 0.0478. The fourth-order valence-corrected chi connectivity index (χ4v) is 5.11. The van der Waals surface area contributed by atoms with Gasteiger partial charge in [-0.25, -0.2) is 12.7 Å². The number of ether oxygens (including phenoxy) is 1. The Labute approximate surface area is 178 Å². The average Bonchev–Trinajstić information content (AvgIpc) is 3.07. The van der Waals surface area contributed by atoms with Crippen molar-refractivity contribution in [2.45, 2.75) is 30.7 Å². The number of carbonyl (C=O) groups is 2. The number of nitrogens with one attached hydrogen (secondary N) is 1. The number of sulfonamides is 1. The third-order valence-electron chi connectivity index (χ3n) is 4.57. The molecule has 0 aliphatic carbocycles. The summed E-state index contributed by atoms with van der Waals surface area (Å²) in [7, 11) is -2.74. The van der Waals surface area contributed by atoms with Gasteiger partial charge in [0, 0.05) is 12.1 Å². The van der Waals surface area contributed by atoms with E-state index in [1.165, 1.54) is 43.5 Å². The van der Waals surface area contributed by atoms with Crippen molar-refractivity contribution >= 4 is 50.7 Å². The lowest BCUT2D eigenvalue weighted by Gasteiger charge is -2.24. The quantitative estimate of drug-likeness (QED) is 0.741. The second kappa shape index (κ2) is 8.22. The minimum atomic E-state index is -4.22. The van der Waals surface area contributed by atoms with E-state index in [-0.39, 0.29) is 22.8 Å². The molecule has 2 aromatic rings. The summed E-state index contributed by atoms with van der Waals surface area (Å²) in [6, 6.07) is 7.60. The molecule has 1 aliphatic heterocycles. The molecular formula is C19H18Cl2N2O5S. The Morgan fingerprint density at radius 2 is 1.90 bits per heavy atom. The summed E-state index contributed by atoms with van der Waals surface area (Å²) < 4.78 is 32.0. The Kier molecular flexibility index (Phi) is 6.07. The van der Waals surface area contributed by atoms with E-state index >= 15 is 0 Å². The number of hydrogen-bond donors (Lipinski definition) is 1. The van der Waals surface area contributed by atoms with Crippen molar-refractivity contribution in [3.63, 3.8) is 0 Å². The standard InChI is InChI=1S/C19H18Cl2N2O5S/c1-11-9-13(4-7-17(11)28-2)29(26,27)23-16(6-8-18(23)24)19(25)22-12-3-5-14(20)15(21)10-12/h3-5,7,9-10,16H,6,8H2,1-2H3,(H,22,25)/t16-/m1/s1. The fourth-order valence-electron chi connectivity index (χ4n) is 3.12. The Morgan fingerprint density at radius 3 is 2.52 bits per heavy atom. The SMILES string of the molecule is COc1ccc(S(=O)(=O)N2C(=O)CC[C@@H]2C(=O)Nc2ccc(Cl)c(Cl)c2)cc1C. The third kappa shape index (κ3) is 4.19. The first-order valence-electron chi connectivity index (χ1n) is 8.63. The number of amides is 2. The van der Waals surface area contributed by atoms with Crippen molar-refractivity contribution < 1.29 is 22.7 Å². The Balaban J connectivity index is 1.90. The lowest BCUT2D eigenvalue weighted by atomic mass is 10.2. The van der Waals surface area contributed by atoms with Crippen LogP contribution in [0.3, 0.4) is 0 Å². The lowest BCUT2D eigenvalue weighted by molar-refractivity contribution is -0.128. The van der Waals surface area contributed by atoms with Gasteiger partial charge in [0.2, 0.25) is 11.8 Å². The molecular weight excluding hydrogens is 439 g/mol. The van der Waals surface area contributed by atoms with Crippen LogP contribution in [0.25, 0.3) is 0 Å². The molecule has 10 heteroatoms. The van der Waals surface area contributed by atoms with Gasteiger partial charge in [0.25, 0.3) is 10.0 Å². The number of halogens is 2. The smallest absolute Gasteiger partial charge is 0.267 e. The highest BCUT2D eigenvalue weighted by atomic mass is 35.5. The van der Waals surface area contributed by atoms with Gasteiger partial charge in [-0.2, -0.15) is 0 Å². The molecule has 0 aromatic heterocycles. The first kappa shape index (κ1) is 21.4. The molecule has 1 aliphatic rings. The number of anilines is 1. The number of methoxy groups -OCH3 is 1. The zero-order chi connectivity index (χ0) is 21.3. The summed E-state index contributed by atoms with van der Waals surface area (Å²) in [4.78, 5) is 25.0. The lowest BCUT2D eigenvalue weighted by Crippen LogP contribution is -2.45. The number of carbonyl (C=O) groups excluding carboxylic acids is 2. The van der Waals surface area contributed by atoms with E-state index in [4.69, 9.17) is 27.9 Å². The summed E-state index contributed by atoms with van der Waals surface area (Å²) in [5, 5.41) is 3.16. The van der Waals surface area contributed by atoms with Crippen molar-refractivity contribution in [2.24, 2.45) is 0 Å². The monoisotopic (exact) mass is 456 g/mol. The average molecular weight is 457 g/mol. The topological polar surface area (TPSA) is 92.8 Å². The van der Waals surface area contributed by atoms with E-state index in [9.17, 15) is 18.0 Å². The molecule has 0 unspecified atom stereocenters. The number of benzene rings is 2. The highest BCUT2D eigenvalue weighted by Crippen LogP contribution is 2.31.